The first-order valence-corrected chi connectivity index (χ1v) is 7.77. The fourth-order valence-corrected chi connectivity index (χ4v) is 3.23. The summed E-state index contributed by atoms with van der Waals surface area (Å²) in [6, 6.07) is 11.4. The van der Waals surface area contributed by atoms with E-state index >= 15 is 0 Å². The van der Waals surface area contributed by atoms with Crippen molar-refractivity contribution in [2.24, 2.45) is 0 Å². The van der Waals surface area contributed by atoms with Gasteiger partial charge in [0, 0.05) is 6.54 Å². The Morgan fingerprint density at radius 3 is 2.73 bits per heavy atom. The van der Waals surface area contributed by atoms with Crippen LogP contribution in [0.25, 0.3) is 11.1 Å². The van der Waals surface area contributed by atoms with Gasteiger partial charge in [-0.25, -0.2) is 0 Å². The molecule has 0 bridgehead atoms. The Morgan fingerprint density at radius 1 is 1.23 bits per heavy atom. The molecular formula is C17H15Cl2NO2. The first-order chi connectivity index (χ1) is 10.6. The van der Waals surface area contributed by atoms with Crippen molar-refractivity contribution in [3.05, 3.63) is 57.6 Å². The lowest BCUT2D eigenvalue weighted by Gasteiger charge is -2.34. The van der Waals surface area contributed by atoms with Crippen LogP contribution in [0.1, 0.15) is 11.1 Å². The van der Waals surface area contributed by atoms with Gasteiger partial charge in [0.2, 0.25) is 6.41 Å². The first kappa shape index (κ1) is 15.3. The lowest BCUT2D eigenvalue weighted by Crippen LogP contribution is -2.41. The summed E-state index contributed by atoms with van der Waals surface area (Å²) < 4.78 is 0. The van der Waals surface area contributed by atoms with E-state index < -0.39 is 0 Å². The number of aliphatic hydroxyl groups excluding tert-OH is 1. The van der Waals surface area contributed by atoms with Gasteiger partial charge in [0.25, 0.3) is 0 Å². The SMILES string of the molecule is O=CN1Cc2cccc(-c3ccc(Cl)c(Cl)c3)c2CC1CO. The Morgan fingerprint density at radius 2 is 2.05 bits per heavy atom. The highest BCUT2D eigenvalue weighted by Gasteiger charge is 2.26. The second kappa shape index (κ2) is 6.29. The summed E-state index contributed by atoms with van der Waals surface area (Å²) in [4.78, 5) is 12.8. The van der Waals surface area contributed by atoms with Crippen LogP contribution in [0.4, 0.5) is 0 Å². The minimum absolute atomic E-state index is 0.0477. The quantitative estimate of drug-likeness (QED) is 0.871. The van der Waals surface area contributed by atoms with E-state index in [4.69, 9.17) is 23.2 Å². The molecule has 114 valence electrons. The number of hydrogen-bond donors (Lipinski definition) is 1. The fraction of sp³-hybridized carbons (Fsp3) is 0.235. The van der Waals surface area contributed by atoms with Gasteiger partial charge in [0.05, 0.1) is 22.7 Å². The van der Waals surface area contributed by atoms with Crippen LogP contribution in [0.15, 0.2) is 36.4 Å². The van der Waals surface area contributed by atoms with Crippen LogP contribution in [0.3, 0.4) is 0 Å². The highest BCUT2D eigenvalue weighted by atomic mass is 35.5. The molecule has 3 rings (SSSR count). The average molecular weight is 336 g/mol. The number of amides is 1. The number of fused-ring (bicyclic) bond motifs is 1. The number of carbonyl (C=O) groups excluding carboxylic acids is 1. The van der Waals surface area contributed by atoms with E-state index in [9.17, 15) is 9.90 Å². The van der Waals surface area contributed by atoms with E-state index in [2.05, 4.69) is 0 Å². The molecule has 1 atom stereocenters. The van der Waals surface area contributed by atoms with E-state index in [1.54, 1.807) is 11.0 Å². The molecule has 0 radical (unpaired) electrons. The summed E-state index contributed by atoms with van der Waals surface area (Å²) in [6.07, 6.45) is 1.43. The molecule has 0 saturated heterocycles. The van der Waals surface area contributed by atoms with Gasteiger partial charge in [-0.2, -0.15) is 0 Å². The van der Waals surface area contributed by atoms with Gasteiger partial charge < -0.3 is 10.0 Å². The molecule has 0 spiro atoms. The third kappa shape index (κ3) is 2.72. The molecule has 5 heteroatoms. The number of hydrogen-bond acceptors (Lipinski definition) is 2. The Kier molecular flexibility index (Phi) is 4.39. The highest BCUT2D eigenvalue weighted by Crippen LogP contribution is 2.34. The largest absolute Gasteiger partial charge is 0.394 e. The number of aliphatic hydroxyl groups is 1. The van der Waals surface area contributed by atoms with Crippen molar-refractivity contribution in [3.63, 3.8) is 0 Å². The molecule has 0 fully saturated rings. The summed E-state index contributed by atoms with van der Waals surface area (Å²) in [5.41, 5.74) is 4.31. The zero-order valence-electron chi connectivity index (χ0n) is 11.8. The molecule has 1 unspecified atom stereocenters. The molecule has 1 N–H and O–H groups in total. The van der Waals surface area contributed by atoms with Crippen molar-refractivity contribution in [1.82, 2.24) is 4.90 Å². The number of rotatable bonds is 3. The molecule has 0 aliphatic carbocycles. The fourth-order valence-electron chi connectivity index (χ4n) is 2.93. The molecule has 0 saturated carbocycles. The van der Waals surface area contributed by atoms with Crippen LogP contribution < -0.4 is 0 Å². The maximum Gasteiger partial charge on any atom is 0.210 e. The van der Waals surface area contributed by atoms with Gasteiger partial charge in [0.1, 0.15) is 0 Å². The average Bonchev–Trinajstić information content (AvgIpc) is 2.55. The van der Waals surface area contributed by atoms with Gasteiger partial charge in [0.15, 0.2) is 0 Å². The van der Waals surface area contributed by atoms with Crippen LogP contribution in [0, 0.1) is 0 Å². The monoisotopic (exact) mass is 335 g/mol. The standard InChI is InChI=1S/C17H15Cl2NO2/c18-16-5-4-11(6-17(16)19)14-3-1-2-12-8-20(10-22)13(9-21)7-15(12)14/h1-6,10,13,21H,7-9H2. The van der Waals surface area contributed by atoms with Gasteiger partial charge in [-0.05, 0) is 40.8 Å². The van der Waals surface area contributed by atoms with Gasteiger partial charge in [-0.3, -0.25) is 4.79 Å². The van der Waals surface area contributed by atoms with Crippen LogP contribution in [0.2, 0.25) is 10.0 Å². The maximum absolute atomic E-state index is 11.2. The summed E-state index contributed by atoms with van der Waals surface area (Å²) in [5, 5.41) is 10.6. The highest BCUT2D eigenvalue weighted by molar-refractivity contribution is 6.42. The summed E-state index contributed by atoms with van der Waals surface area (Å²) >= 11 is 12.1. The predicted octanol–water partition coefficient (Wildman–Crippen LogP) is 3.54. The van der Waals surface area contributed by atoms with Crippen LogP contribution in [-0.4, -0.2) is 29.1 Å². The van der Waals surface area contributed by atoms with E-state index in [1.165, 1.54) is 0 Å². The van der Waals surface area contributed by atoms with Crippen LogP contribution in [-0.2, 0) is 17.8 Å². The summed E-state index contributed by atoms with van der Waals surface area (Å²) in [5.74, 6) is 0. The smallest absolute Gasteiger partial charge is 0.210 e. The molecule has 1 heterocycles. The van der Waals surface area contributed by atoms with Crippen LogP contribution >= 0.6 is 23.2 Å². The molecule has 1 aliphatic heterocycles. The minimum Gasteiger partial charge on any atom is -0.394 e. The topological polar surface area (TPSA) is 40.5 Å². The predicted molar refractivity (Wildman–Crippen MR) is 88.1 cm³/mol. The zero-order chi connectivity index (χ0) is 15.7. The second-order valence-corrected chi connectivity index (χ2v) is 6.20. The number of carbonyl (C=O) groups is 1. The molecule has 2 aromatic carbocycles. The van der Waals surface area contributed by atoms with Crippen molar-refractivity contribution in [2.45, 2.75) is 19.0 Å². The number of nitrogens with zero attached hydrogens (tertiary/aromatic N) is 1. The van der Waals surface area contributed by atoms with Crippen molar-refractivity contribution >= 4 is 29.6 Å². The Bertz CT molecular complexity index is 718. The first-order valence-electron chi connectivity index (χ1n) is 7.02. The van der Waals surface area contributed by atoms with E-state index in [-0.39, 0.29) is 12.6 Å². The minimum atomic E-state index is -0.186. The zero-order valence-corrected chi connectivity index (χ0v) is 13.3. The molecule has 22 heavy (non-hydrogen) atoms. The number of benzene rings is 2. The third-order valence-electron chi connectivity index (χ3n) is 4.11. The van der Waals surface area contributed by atoms with Crippen LogP contribution in [0.5, 0.6) is 0 Å². The lowest BCUT2D eigenvalue weighted by atomic mass is 9.88. The van der Waals surface area contributed by atoms with Crippen molar-refractivity contribution in [2.75, 3.05) is 6.61 Å². The Hall–Kier alpha value is -1.55. The number of halogens is 2. The normalized spacial score (nSPS) is 17.2. The third-order valence-corrected chi connectivity index (χ3v) is 4.85. The summed E-state index contributed by atoms with van der Waals surface area (Å²) in [7, 11) is 0. The molecule has 0 aromatic heterocycles. The Labute approximate surface area is 139 Å². The molecule has 3 nitrogen and oxygen atoms in total. The summed E-state index contributed by atoms with van der Waals surface area (Å²) in [6.45, 7) is 0.465. The van der Waals surface area contributed by atoms with Gasteiger partial charge in [-0.15, -0.1) is 0 Å². The van der Waals surface area contributed by atoms with E-state index in [1.807, 2.05) is 30.3 Å². The van der Waals surface area contributed by atoms with E-state index in [0.717, 1.165) is 28.7 Å². The van der Waals surface area contributed by atoms with Crippen molar-refractivity contribution in [1.29, 1.82) is 0 Å². The Balaban J connectivity index is 2.08. The lowest BCUT2D eigenvalue weighted by molar-refractivity contribution is -0.122. The molecule has 1 aliphatic rings. The maximum atomic E-state index is 11.2. The van der Waals surface area contributed by atoms with E-state index in [0.29, 0.717) is 23.0 Å². The van der Waals surface area contributed by atoms with Crippen molar-refractivity contribution in [3.8, 4) is 11.1 Å². The van der Waals surface area contributed by atoms with Crippen molar-refractivity contribution < 1.29 is 9.90 Å². The van der Waals surface area contributed by atoms with Gasteiger partial charge in [-0.1, -0.05) is 47.5 Å². The molecule has 1 amide bonds. The molecular weight excluding hydrogens is 321 g/mol. The molecule has 2 aromatic rings. The second-order valence-electron chi connectivity index (χ2n) is 5.39. The van der Waals surface area contributed by atoms with Gasteiger partial charge >= 0.3 is 0 Å².